The Balaban J connectivity index is 1.13. The van der Waals surface area contributed by atoms with Crippen molar-refractivity contribution in [1.82, 2.24) is 24.5 Å². The van der Waals surface area contributed by atoms with E-state index in [-0.39, 0.29) is 0 Å². The lowest BCUT2D eigenvalue weighted by Gasteiger charge is -2.14. The predicted octanol–water partition coefficient (Wildman–Crippen LogP) is 14.7. The predicted molar refractivity (Wildman–Crippen MR) is 257 cm³/mol. The number of hydrogen-bond donors (Lipinski definition) is 0. The minimum Gasteiger partial charge on any atom is -0.309 e. The van der Waals surface area contributed by atoms with E-state index in [1.807, 2.05) is 84.3 Å². The highest BCUT2D eigenvalue weighted by molar-refractivity contribution is 7.26. The lowest BCUT2D eigenvalue weighted by atomic mass is 9.95. The van der Waals surface area contributed by atoms with Crippen molar-refractivity contribution in [3.63, 3.8) is 0 Å². The van der Waals surface area contributed by atoms with E-state index < -0.39 is 0 Å². The molecule has 0 N–H and O–H groups in total. The van der Waals surface area contributed by atoms with Gasteiger partial charge in [0.2, 0.25) is 0 Å². The van der Waals surface area contributed by atoms with Crippen LogP contribution in [-0.2, 0) is 0 Å². The van der Waals surface area contributed by atoms with Gasteiger partial charge in [0.05, 0.1) is 16.7 Å². The molecule has 0 aliphatic rings. The van der Waals surface area contributed by atoms with Gasteiger partial charge < -0.3 is 4.57 Å². The van der Waals surface area contributed by atoms with Crippen LogP contribution in [0.15, 0.2) is 212 Å². The fourth-order valence-electron chi connectivity index (χ4n) is 8.79. The van der Waals surface area contributed by atoms with Gasteiger partial charge in [0.1, 0.15) is 0 Å². The van der Waals surface area contributed by atoms with Crippen molar-refractivity contribution in [2.24, 2.45) is 0 Å². The summed E-state index contributed by atoms with van der Waals surface area (Å²) >= 11 is 1.82. The lowest BCUT2D eigenvalue weighted by Crippen LogP contribution is -2.02. The molecule has 0 saturated heterocycles. The monoisotopic (exact) mass is 809 g/mol. The molecule has 6 heteroatoms. The number of pyridine rings is 1. The van der Waals surface area contributed by atoms with Crippen LogP contribution in [0.4, 0.5) is 0 Å². The highest BCUT2D eigenvalue weighted by Gasteiger charge is 2.22. The number of thiophene rings is 1. The van der Waals surface area contributed by atoms with Crippen molar-refractivity contribution in [2.45, 2.75) is 0 Å². The summed E-state index contributed by atoms with van der Waals surface area (Å²) in [6, 6.07) is 72.3. The lowest BCUT2D eigenvalue weighted by molar-refractivity contribution is 1.07. The second-order valence-electron chi connectivity index (χ2n) is 15.4. The Morgan fingerprint density at radius 3 is 1.65 bits per heavy atom. The van der Waals surface area contributed by atoms with Crippen molar-refractivity contribution in [1.29, 1.82) is 0 Å². The summed E-state index contributed by atoms with van der Waals surface area (Å²) < 4.78 is 4.81. The maximum absolute atomic E-state index is 5.41. The first-order chi connectivity index (χ1) is 30.7. The quantitative estimate of drug-likeness (QED) is 0.161. The summed E-state index contributed by atoms with van der Waals surface area (Å²) in [6.45, 7) is 0. The average Bonchev–Trinajstić information content (AvgIpc) is 3.89. The number of hydrogen-bond acceptors (Lipinski definition) is 5. The second kappa shape index (κ2) is 14.9. The highest BCUT2D eigenvalue weighted by atomic mass is 32.1. The Labute approximate surface area is 361 Å². The maximum atomic E-state index is 5.41. The molecule has 0 aliphatic carbocycles. The van der Waals surface area contributed by atoms with Crippen LogP contribution in [0.2, 0.25) is 0 Å². The SMILES string of the molecule is c1ccc(-c2cccc(-c3cnc(-c4cccc5sc6cc7c8ccccc8n(-c8ccccc8)c7cc6c45)c(-c4nc(-c5ccccc5)nc(-c5ccccc5)n4)c3)c2)cc1. The van der Waals surface area contributed by atoms with Gasteiger partial charge in [0.15, 0.2) is 17.5 Å². The zero-order valence-corrected chi connectivity index (χ0v) is 34.2. The van der Waals surface area contributed by atoms with Crippen LogP contribution >= 0.6 is 11.3 Å². The van der Waals surface area contributed by atoms with Crippen LogP contribution in [0.3, 0.4) is 0 Å². The Hall–Kier alpha value is -8.06. The van der Waals surface area contributed by atoms with Crippen LogP contribution in [-0.4, -0.2) is 24.5 Å². The average molecular weight is 810 g/mol. The van der Waals surface area contributed by atoms with Gasteiger partial charge in [-0.3, -0.25) is 4.98 Å². The minimum absolute atomic E-state index is 0.560. The number of benzene rings is 8. The summed E-state index contributed by atoms with van der Waals surface area (Å²) in [7, 11) is 0. The molecule has 0 radical (unpaired) electrons. The van der Waals surface area contributed by atoms with Gasteiger partial charge in [-0.1, -0.05) is 158 Å². The summed E-state index contributed by atoms with van der Waals surface area (Å²) in [5, 5.41) is 4.82. The maximum Gasteiger partial charge on any atom is 0.166 e. The van der Waals surface area contributed by atoms with Crippen molar-refractivity contribution in [3.05, 3.63) is 212 Å². The normalized spacial score (nSPS) is 11.5. The molecule has 0 saturated carbocycles. The summed E-state index contributed by atoms with van der Waals surface area (Å²) in [4.78, 5) is 21.0. The first kappa shape index (κ1) is 35.8. The molecule has 5 nitrogen and oxygen atoms in total. The Kier molecular flexibility index (Phi) is 8.61. The van der Waals surface area contributed by atoms with Gasteiger partial charge in [-0.2, -0.15) is 0 Å². The van der Waals surface area contributed by atoms with Gasteiger partial charge in [-0.15, -0.1) is 11.3 Å². The Morgan fingerprint density at radius 2 is 0.935 bits per heavy atom. The minimum atomic E-state index is 0.560. The topological polar surface area (TPSA) is 56.5 Å². The third-order valence-corrected chi connectivity index (χ3v) is 12.8. The van der Waals surface area contributed by atoms with Crippen LogP contribution in [0.1, 0.15) is 0 Å². The molecule has 0 bridgehead atoms. The number of nitrogens with zero attached hydrogens (tertiary/aromatic N) is 5. The van der Waals surface area contributed by atoms with Gasteiger partial charge in [-0.25, -0.2) is 15.0 Å². The van der Waals surface area contributed by atoms with Crippen molar-refractivity contribution in [3.8, 4) is 73.4 Å². The van der Waals surface area contributed by atoms with E-state index in [2.05, 4.69) is 144 Å². The molecule has 12 aromatic rings. The van der Waals surface area contributed by atoms with E-state index in [9.17, 15) is 0 Å². The number of para-hydroxylation sites is 2. The van der Waals surface area contributed by atoms with Gasteiger partial charge in [0.25, 0.3) is 0 Å². The van der Waals surface area contributed by atoms with Crippen LogP contribution in [0.5, 0.6) is 0 Å². The smallest absolute Gasteiger partial charge is 0.166 e. The van der Waals surface area contributed by atoms with E-state index in [4.69, 9.17) is 19.9 Å². The van der Waals surface area contributed by atoms with Gasteiger partial charge in [0, 0.05) is 70.6 Å². The summed E-state index contributed by atoms with van der Waals surface area (Å²) in [5.74, 6) is 1.77. The van der Waals surface area contributed by atoms with Crippen LogP contribution in [0, 0.1) is 0 Å². The zero-order valence-electron chi connectivity index (χ0n) is 33.4. The van der Waals surface area contributed by atoms with Crippen molar-refractivity contribution in [2.75, 3.05) is 0 Å². The van der Waals surface area contributed by atoms with Crippen LogP contribution in [0.25, 0.3) is 115 Å². The molecule has 0 fully saturated rings. The molecule has 12 rings (SSSR count). The third kappa shape index (κ3) is 6.16. The van der Waals surface area contributed by atoms with E-state index in [1.54, 1.807) is 0 Å². The molecule has 0 aliphatic heterocycles. The zero-order chi connectivity index (χ0) is 41.0. The van der Waals surface area contributed by atoms with Crippen LogP contribution < -0.4 is 0 Å². The molecule has 0 atom stereocenters. The standard InChI is InChI=1S/C56H35N5S/c1-5-17-36(18-6-1)39-23-15-24-40(31-39)41-32-47(56-59-54(37-19-7-2-8-20-37)58-55(60-56)38-21-9-3-10-22-38)53(57-35-41)44-28-16-30-50-52(44)46-33-49-45(34-51(46)62-50)43-27-13-14-29-48(43)61(49)42-25-11-4-12-26-42/h1-35H. The second-order valence-corrected chi connectivity index (χ2v) is 16.5. The summed E-state index contributed by atoms with van der Waals surface area (Å²) in [5.41, 5.74) is 12.3. The molecule has 0 spiro atoms. The van der Waals surface area contributed by atoms with E-state index >= 15 is 0 Å². The first-order valence-corrected chi connectivity index (χ1v) is 21.5. The molecule has 4 aromatic heterocycles. The van der Waals surface area contributed by atoms with E-state index in [0.29, 0.717) is 17.5 Å². The molecular weight excluding hydrogens is 775 g/mol. The molecule has 4 heterocycles. The van der Waals surface area contributed by atoms with Gasteiger partial charge >= 0.3 is 0 Å². The summed E-state index contributed by atoms with van der Waals surface area (Å²) in [6.07, 6.45) is 2.00. The van der Waals surface area contributed by atoms with Crippen molar-refractivity contribution >= 4 is 53.3 Å². The Bertz CT molecular complexity index is 3560. The highest BCUT2D eigenvalue weighted by Crippen LogP contribution is 2.45. The Morgan fingerprint density at radius 1 is 0.355 bits per heavy atom. The fourth-order valence-corrected chi connectivity index (χ4v) is 9.94. The molecule has 290 valence electrons. The molecule has 62 heavy (non-hydrogen) atoms. The number of aromatic nitrogens is 5. The van der Waals surface area contributed by atoms with E-state index in [1.165, 1.54) is 36.6 Å². The largest absolute Gasteiger partial charge is 0.309 e. The molecule has 8 aromatic carbocycles. The van der Waals surface area contributed by atoms with Crippen molar-refractivity contribution < 1.29 is 0 Å². The third-order valence-electron chi connectivity index (χ3n) is 11.7. The fraction of sp³-hybridized carbons (Fsp3) is 0. The molecule has 0 unspecified atom stereocenters. The number of fused-ring (bicyclic) bond motifs is 6. The number of rotatable bonds is 7. The van der Waals surface area contributed by atoms with E-state index in [0.717, 1.165) is 61.3 Å². The molecular formula is C56H35N5S. The molecule has 0 amide bonds. The van der Waals surface area contributed by atoms with Gasteiger partial charge in [-0.05, 0) is 65.2 Å². The first-order valence-electron chi connectivity index (χ1n) is 20.7.